The first-order valence-corrected chi connectivity index (χ1v) is 9.47. The van der Waals surface area contributed by atoms with Crippen LogP contribution in [0.2, 0.25) is 0 Å². The first kappa shape index (κ1) is 16.4. The van der Waals surface area contributed by atoms with Crippen molar-refractivity contribution in [3.05, 3.63) is 59.1 Å². The Morgan fingerprint density at radius 1 is 1.22 bits per heavy atom. The summed E-state index contributed by atoms with van der Waals surface area (Å²) in [7, 11) is 0. The molecule has 2 aromatic heterocycles. The summed E-state index contributed by atoms with van der Waals surface area (Å²) < 4.78 is 11.2. The molecule has 0 atom stereocenters. The van der Waals surface area contributed by atoms with Gasteiger partial charge in [0.15, 0.2) is 0 Å². The van der Waals surface area contributed by atoms with Crippen molar-refractivity contribution in [1.29, 1.82) is 0 Å². The minimum absolute atomic E-state index is 0.0579. The van der Waals surface area contributed by atoms with Crippen LogP contribution in [0.4, 0.5) is 0 Å². The maximum absolute atomic E-state index is 13.0. The van der Waals surface area contributed by atoms with Crippen LogP contribution in [-0.4, -0.2) is 34.1 Å². The topological polar surface area (TPSA) is 68.5 Å². The van der Waals surface area contributed by atoms with E-state index in [4.69, 9.17) is 9.26 Å². The smallest absolute Gasteiger partial charge is 0.272 e. The Kier molecular flexibility index (Phi) is 4.13. The van der Waals surface area contributed by atoms with Crippen LogP contribution in [-0.2, 0) is 24.3 Å². The molecule has 0 spiro atoms. The average Bonchev–Trinajstić information content (AvgIpc) is 3.46. The van der Waals surface area contributed by atoms with Gasteiger partial charge in [0.25, 0.3) is 5.91 Å². The molecule has 2 aliphatic rings. The van der Waals surface area contributed by atoms with Crippen LogP contribution in [0.5, 0.6) is 0 Å². The Morgan fingerprint density at radius 2 is 2.11 bits per heavy atom. The van der Waals surface area contributed by atoms with Gasteiger partial charge in [0, 0.05) is 30.5 Å². The minimum Gasteiger partial charge on any atom is -0.375 e. The van der Waals surface area contributed by atoms with Crippen molar-refractivity contribution < 1.29 is 14.1 Å². The second kappa shape index (κ2) is 6.78. The second-order valence-corrected chi connectivity index (χ2v) is 7.36. The number of carbonyl (C=O) groups is 1. The Balaban J connectivity index is 1.32. The lowest BCUT2D eigenvalue weighted by Gasteiger charge is -2.26. The maximum Gasteiger partial charge on any atom is 0.272 e. The lowest BCUT2D eigenvalue weighted by atomic mass is 10.1. The van der Waals surface area contributed by atoms with E-state index in [1.165, 1.54) is 12.8 Å². The van der Waals surface area contributed by atoms with Crippen LogP contribution in [0.3, 0.4) is 0 Å². The van der Waals surface area contributed by atoms with E-state index >= 15 is 0 Å². The van der Waals surface area contributed by atoms with Crippen molar-refractivity contribution >= 4 is 16.8 Å². The number of pyridine rings is 1. The van der Waals surface area contributed by atoms with E-state index in [9.17, 15) is 4.79 Å². The van der Waals surface area contributed by atoms with Crippen LogP contribution < -0.4 is 0 Å². The summed E-state index contributed by atoms with van der Waals surface area (Å²) >= 11 is 0. The van der Waals surface area contributed by atoms with Crippen LogP contribution in [0.15, 0.2) is 40.9 Å². The summed E-state index contributed by atoms with van der Waals surface area (Å²) in [5, 5.41) is 5.20. The number of aromatic nitrogens is 2. The standard InChI is InChI=1S/C21H21N3O3/c25-21(18-8-7-15-3-1-2-4-17(15)22-18)24-10-9-20-16(11-24)19(23-27-20)13-26-12-14-5-6-14/h1-4,7-8,14H,5-6,9-13H2. The fourth-order valence-corrected chi connectivity index (χ4v) is 3.50. The van der Waals surface area contributed by atoms with Crippen molar-refractivity contribution in [2.24, 2.45) is 5.92 Å². The highest BCUT2D eigenvalue weighted by Gasteiger charge is 2.28. The van der Waals surface area contributed by atoms with Gasteiger partial charge in [-0.3, -0.25) is 4.79 Å². The van der Waals surface area contributed by atoms with Gasteiger partial charge in [0.1, 0.15) is 17.1 Å². The van der Waals surface area contributed by atoms with Crippen molar-refractivity contribution in [3.63, 3.8) is 0 Å². The number of hydrogen-bond donors (Lipinski definition) is 0. The largest absolute Gasteiger partial charge is 0.375 e. The Bertz CT molecular complexity index is 993. The number of nitrogens with zero attached hydrogens (tertiary/aromatic N) is 3. The van der Waals surface area contributed by atoms with E-state index in [0.717, 1.165) is 34.5 Å². The van der Waals surface area contributed by atoms with Gasteiger partial charge in [-0.1, -0.05) is 29.4 Å². The van der Waals surface area contributed by atoms with Crippen molar-refractivity contribution in [1.82, 2.24) is 15.0 Å². The number of fused-ring (bicyclic) bond motifs is 2. The first-order chi connectivity index (χ1) is 13.3. The monoisotopic (exact) mass is 363 g/mol. The summed E-state index contributed by atoms with van der Waals surface area (Å²) in [5.74, 6) is 1.53. The van der Waals surface area contributed by atoms with Crippen LogP contribution >= 0.6 is 0 Å². The molecule has 0 unspecified atom stereocenters. The number of amides is 1. The SMILES string of the molecule is O=C(c1ccc2ccccc2n1)N1CCc2onc(COCC3CC3)c2C1. The third-order valence-corrected chi connectivity index (χ3v) is 5.30. The summed E-state index contributed by atoms with van der Waals surface area (Å²) in [6, 6.07) is 11.6. The molecule has 1 fully saturated rings. The normalized spacial score (nSPS) is 16.5. The third-order valence-electron chi connectivity index (χ3n) is 5.30. The number of carbonyl (C=O) groups excluding carboxylic acids is 1. The highest BCUT2D eigenvalue weighted by Crippen LogP contribution is 2.30. The second-order valence-electron chi connectivity index (χ2n) is 7.36. The van der Waals surface area contributed by atoms with Gasteiger partial charge >= 0.3 is 0 Å². The highest BCUT2D eigenvalue weighted by atomic mass is 16.5. The van der Waals surface area contributed by atoms with Crippen LogP contribution in [0, 0.1) is 5.92 Å². The molecule has 3 heterocycles. The fraction of sp³-hybridized carbons (Fsp3) is 0.381. The summed E-state index contributed by atoms with van der Waals surface area (Å²) in [4.78, 5) is 19.3. The average molecular weight is 363 g/mol. The molecule has 3 aromatic rings. The Morgan fingerprint density at radius 3 is 3.00 bits per heavy atom. The zero-order valence-corrected chi connectivity index (χ0v) is 15.1. The number of rotatable bonds is 5. The molecule has 0 bridgehead atoms. The van der Waals surface area contributed by atoms with E-state index in [1.54, 1.807) is 6.07 Å². The summed E-state index contributed by atoms with van der Waals surface area (Å²) in [6.07, 6.45) is 3.19. The third kappa shape index (κ3) is 3.32. The first-order valence-electron chi connectivity index (χ1n) is 9.47. The summed E-state index contributed by atoms with van der Waals surface area (Å²) in [6.45, 7) is 2.34. The van der Waals surface area contributed by atoms with E-state index < -0.39 is 0 Å². The fourth-order valence-electron chi connectivity index (χ4n) is 3.50. The number of hydrogen-bond acceptors (Lipinski definition) is 5. The van der Waals surface area contributed by atoms with Gasteiger partial charge in [-0.15, -0.1) is 0 Å². The van der Waals surface area contributed by atoms with E-state index in [1.807, 2.05) is 35.2 Å². The minimum atomic E-state index is -0.0579. The quantitative estimate of drug-likeness (QED) is 0.695. The van der Waals surface area contributed by atoms with Gasteiger partial charge in [-0.2, -0.15) is 0 Å². The zero-order chi connectivity index (χ0) is 18.2. The molecule has 6 nitrogen and oxygen atoms in total. The molecule has 1 saturated carbocycles. The molecule has 1 aliphatic heterocycles. The number of benzene rings is 1. The zero-order valence-electron chi connectivity index (χ0n) is 15.1. The molecule has 1 aliphatic carbocycles. The molecule has 1 aromatic carbocycles. The molecule has 1 amide bonds. The molecule has 138 valence electrons. The van der Waals surface area contributed by atoms with Crippen molar-refractivity contribution in [3.8, 4) is 0 Å². The molecular weight excluding hydrogens is 342 g/mol. The van der Waals surface area contributed by atoms with E-state index in [-0.39, 0.29) is 5.91 Å². The van der Waals surface area contributed by atoms with E-state index in [0.29, 0.717) is 37.7 Å². The van der Waals surface area contributed by atoms with Gasteiger partial charge in [0.2, 0.25) is 0 Å². The predicted molar refractivity (Wildman–Crippen MR) is 99.1 cm³/mol. The van der Waals surface area contributed by atoms with E-state index in [2.05, 4.69) is 10.1 Å². The number of para-hydroxylation sites is 1. The molecule has 0 N–H and O–H groups in total. The van der Waals surface area contributed by atoms with Crippen LogP contribution in [0.1, 0.15) is 40.3 Å². The van der Waals surface area contributed by atoms with Gasteiger partial charge in [-0.25, -0.2) is 4.98 Å². The lowest BCUT2D eigenvalue weighted by Crippen LogP contribution is -2.36. The van der Waals surface area contributed by atoms with Crippen molar-refractivity contribution in [2.45, 2.75) is 32.4 Å². The summed E-state index contributed by atoms with van der Waals surface area (Å²) in [5.41, 5.74) is 3.11. The van der Waals surface area contributed by atoms with Gasteiger partial charge in [-0.05, 0) is 30.9 Å². The predicted octanol–water partition coefficient (Wildman–Crippen LogP) is 3.35. The van der Waals surface area contributed by atoms with Crippen LogP contribution in [0.25, 0.3) is 10.9 Å². The molecule has 27 heavy (non-hydrogen) atoms. The van der Waals surface area contributed by atoms with Crippen molar-refractivity contribution in [2.75, 3.05) is 13.2 Å². The van der Waals surface area contributed by atoms with Gasteiger partial charge in [0.05, 0.1) is 18.7 Å². The van der Waals surface area contributed by atoms with Gasteiger partial charge < -0.3 is 14.2 Å². The molecule has 0 radical (unpaired) electrons. The molecule has 0 saturated heterocycles. The maximum atomic E-state index is 13.0. The Hall–Kier alpha value is -2.73. The molecular formula is C21H21N3O3. The highest BCUT2D eigenvalue weighted by molar-refractivity contribution is 5.95. The molecule has 5 rings (SSSR count). The Labute approximate surface area is 157 Å². The molecule has 6 heteroatoms. The number of ether oxygens (including phenoxy) is 1. The lowest BCUT2D eigenvalue weighted by molar-refractivity contribution is 0.0720.